The lowest BCUT2D eigenvalue weighted by Gasteiger charge is -2.34. The van der Waals surface area contributed by atoms with E-state index in [1.54, 1.807) is 0 Å². The average molecular weight is 487 g/mol. The highest BCUT2D eigenvalue weighted by Crippen LogP contribution is 2.26. The van der Waals surface area contributed by atoms with Gasteiger partial charge < -0.3 is 26.0 Å². The lowest BCUT2D eigenvalue weighted by molar-refractivity contribution is -0.137. The average Bonchev–Trinajstić information content (AvgIpc) is 2.77. The van der Waals surface area contributed by atoms with Crippen LogP contribution in [0.1, 0.15) is 122 Å². The van der Waals surface area contributed by atoms with E-state index < -0.39 is 29.5 Å². The second kappa shape index (κ2) is 20.1. The minimum absolute atomic E-state index is 0.0328. The molecular formula is C25H46N2O7. The quantitative estimate of drug-likeness (QED) is 0.122. The first kappa shape index (κ1) is 31.7. The SMILES string of the molecule is CCCCCCCCCCCCCCNC(=O)NC(CCC(=O)O)(CCC(=O)O)CCC(=O)O. The molecule has 0 atom stereocenters. The molecule has 0 unspecified atom stereocenters. The number of hydrogen-bond donors (Lipinski definition) is 5. The summed E-state index contributed by atoms with van der Waals surface area (Å²) in [5, 5.41) is 32.6. The van der Waals surface area contributed by atoms with E-state index in [1.807, 2.05) is 0 Å². The summed E-state index contributed by atoms with van der Waals surface area (Å²) in [7, 11) is 0. The molecule has 0 bridgehead atoms. The second-order valence-corrected chi connectivity index (χ2v) is 9.23. The predicted molar refractivity (Wildman–Crippen MR) is 131 cm³/mol. The fourth-order valence-corrected chi connectivity index (χ4v) is 4.05. The van der Waals surface area contributed by atoms with Crippen LogP contribution in [0.15, 0.2) is 0 Å². The monoisotopic (exact) mass is 486 g/mol. The van der Waals surface area contributed by atoms with E-state index >= 15 is 0 Å². The minimum atomic E-state index is -1.20. The number of hydrogen-bond acceptors (Lipinski definition) is 4. The van der Waals surface area contributed by atoms with Crippen molar-refractivity contribution in [2.24, 2.45) is 0 Å². The van der Waals surface area contributed by atoms with Crippen LogP contribution in [0.25, 0.3) is 0 Å². The highest BCUT2D eigenvalue weighted by molar-refractivity contribution is 5.75. The Bertz CT molecular complexity index is 550. The molecule has 0 fully saturated rings. The molecule has 0 saturated carbocycles. The first-order valence-electron chi connectivity index (χ1n) is 12.9. The maximum atomic E-state index is 12.4. The normalized spacial score (nSPS) is 11.2. The van der Waals surface area contributed by atoms with Gasteiger partial charge in [0.15, 0.2) is 0 Å². The van der Waals surface area contributed by atoms with Crippen molar-refractivity contribution >= 4 is 23.9 Å². The first-order chi connectivity index (χ1) is 16.2. The number of carbonyl (C=O) groups is 4. The highest BCUT2D eigenvalue weighted by Gasteiger charge is 2.33. The van der Waals surface area contributed by atoms with Crippen LogP contribution >= 0.6 is 0 Å². The number of urea groups is 1. The summed E-state index contributed by atoms with van der Waals surface area (Å²) in [6.45, 7) is 2.68. The lowest BCUT2D eigenvalue weighted by Crippen LogP contribution is -2.53. The van der Waals surface area contributed by atoms with Crippen molar-refractivity contribution in [3.8, 4) is 0 Å². The fraction of sp³-hybridized carbons (Fsp3) is 0.840. The van der Waals surface area contributed by atoms with Crippen molar-refractivity contribution in [2.45, 2.75) is 128 Å². The number of carbonyl (C=O) groups excluding carboxylic acids is 1. The number of rotatable bonds is 23. The van der Waals surface area contributed by atoms with Gasteiger partial charge in [0.25, 0.3) is 0 Å². The van der Waals surface area contributed by atoms with E-state index in [0.29, 0.717) is 6.54 Å². The largest absolute Gasteiger partial charge is 0.481 e. The standard InChI is InChI=1S/C25H46N2O7/c1-2-3-4-5-6-7-8-9-10-11-12-13-20-26-24(34)27-25(17-14-21(28)29,18-15-22(30)31)19-16-23(32)33/h2-20H2,1H3,(H,28,29)(H,30,31)(H,32,33)(H2,26,27,34). The van der Waals surface area contributed by atoms with Crippen LogP contribution in [-0.4, -0.2) is 51.3 Å². The number of aliphatic carboxylic acids is 3. The molecule has 198 valence electrons. The summed E-state index contributed by atoms with van der Waals surface area (Å²) in [5.41, 5.74) is -1.20. The molecule has 0 rings (SSSR count). The molecule has 34 heavy (non-hydrogen) atoms. The maximum absolute atomic E-state index is 12.4. The molecule has 9 heteroatoms. The predicted octanol–water partition coefficient (Wildman–Crippen LogP) is 5.32. The van der Waals surface area contributed by atoms with Crippen LogP contribution in [0.4, 0.5) is 4.79 Å². The summed E-state index contributed by atoms with van der Waals surface area (Å²) < 4.78 is 0. The number of nitrogens with one attached hydrogen (secondary N) is 2. The van der Waals surface area contributed by atoms with Crippen molar-refractivity contribution < 1.29 is 34.5 Å². The van der Waals surface area contributed by atoms with Gasteiger partial charge in [-0.25, -0.2) is 4.79 Å². The minimum Gasteiger partial charge on any atom is -0.481 e. The highest BCUT2D eigenvalue weighted by atomic mass is 16.4. The zero-order valence-electron chi connectivity index (χ0n) is 20.9. The Labute approximate surface area is 204 Å². The van der Waals surface area contributed by atoms with Crippen molar-refractivity contribution in [3.63, 3.8) is 0 Å². The van der Waals surface area contributed by atoms with E-state index in [4.69, 9.17) is 15.3 Å². The Hall–Kier alpha value is -2.32. The number of carboxylic acid groups (broad SMARTS) is 3. The molecule has 5 N–H and O–H groups in total. The molecule has 0 aromatic carbocycles. The van der Waals surface area contributed by atoms with Gasteiger partial charge >= 0.3 is 23.9 Å². The van der Waals surface area contributed by atoms with E-state index in [1.165, 1.54) is 57.8 Å². The first-order valence-corrected chi connectivity index (χ1v) is 12.9. The van der Waals surface area contributed by atoms with Gasteiger partial charge in [0.2, 0.25) is 0 Å². The molecule has 0 aliphatic carbocycles. The van der Waals surface area contributed by atoms with Crippen LogP contribution in [0, 0.1) is 0 Å². The van der Waals surface area contributed by atoms with Crippen LogP contribution in [-0.2, 0) is 14.4 Å². The Kier molecular flexibility index (Phi) is 18.7. The molecule has 0 heterocycles. The van der Waals surface area contributed by atoms with E-state index in [0.717, 1.165) is 19.3 Å². The third kappa shape index (κ3) is 19.2. The van der Waals surface area contributed by atoms with Crippen LogP contribution < -0.4 is 10.6 Å². The summed E-state index contributed by atoms with van der Waals surface area (Å²) >= 11 is 0. The molecule has 2 amide bonds. The molecule has 9 nitrogen and oxygen atoms in total. The molecular weight excluding hydrogens is 440 g/mol. The third-order valence-corrected chi connectivity index (χ3v) is 6.15. The summed E-state index contributed by atoms with van der Waals surface area (Å²) in [5.74, 6) is -3.27. The third-order valence-electron chi connectivity index (χ3n) is 6.15. The zero-order chi connectivity index (χ0) is 25.7. The van der Waals surface area contributed by atoms with E-state index in [9.17, 15) is 19.2 Å². The Morgan fingerprint density at radius 1 is 0.588 bits per heavy atom. The van der Waals surface area contributed by atoms with Gasteiger partial charge in [-0.1, -0.05) is 77.6 Å². The molecule has 0 saturated heterocycles. The van der Waals surface area contributed by atoms with Gasteiger partial charge in [0.05, 0.1) is 0 Å². The van der Waals surface area contributed by atoms with E-state index in [2.05, 4.69) is 17.6 Å². The zero-order valence-corrected chi connectivity index (χ0v) is 20.9. The van der Waals surface area contributed by atoms with Crippen LogP contribution in [0.3, 0.4) is 0 Å². The number of carboxylic acids is 3. The summed E-state index contributed by atoms with van der Waals surface area (Å²) in [6.07, 6.45) is 13.6. The van der Waals surface area contributed by atoms with Crippen LogP contribution in [0.5, 0.6) is 0 Å². The van der Waals surface area contributed by atoms with Gasteiger partial charge in [-0.15, -0.1) is 0 Å². The van der Waals surface area contributed by atoms with Gasteiger partial charge in [-0.2, -0.15) is 0 Å². The molecule has 0 spiro atoms. The van der Waals surface area contributed by atoms with E-state index in [-0.39, 0.29) is 38.5 Å². The van der Waals surface area contributed by atoms with Crippen LogP contribution in [0.2, 0.25) is 0 Å². The van der Waals surface area contributed by atoms with Gasteiger partial charge in [0.1, 0.15) is 0 Å². The van der Waals surface area contributed by atoms with Gasteiger partial charge in [-0.3, -0.25) is 14.4 Å². The molecule has 0 aliphatic rings. The van der Waals surface area contributed by atoms with Gasteiger partial charge in [-0.05, 0) is 25.7 Å². The van der Waals surface area contributed by atoms with Crippen molar-refractivity contribution in [2.75, 3.05) is 6.54 Å². The molecule has 0 radical (unpaired) electrons. The smallest absolute Gasteiger partial charge is 0.315 e. The Morgan fingerprint density at radius 2 is 0.941 bits per heavy atom. The molecule has 0 aliphatic heterocycles. The summed E-state index contributed by atoms with van der Waals surface area (Å²) in [6, 6.07) is -0.524. The van der Waals surface area contributed by atoms with Crippen molar-refractivity contribution in [1.82, 2.24) is 10.6 Å². The van der Waals surface area contributed by atoms with Gasteiger partial charge in [0, 0.05) is 31.3 Å². The number of unbranched alkanes of at least 4 members (excludes halogenated alkanes) is 11. The Balaban J connectivity index is 4.30. The van der Waals surface area contributed by atoms with Crippen molar-refractivity contribution in [3.05, 3.63) is 0 Å². The van der Waals surface area contributed by atoms with Crippen molar-refractivity contribution in [1.29, 1.82) is 0 Å². The topological polar surface area (TPSA) is 153 Å². The summed E-state index contributed by atoms with van der Waals surface area (Å²) in [4.78, 5) is 45.6. The number of amides is 2. The molecule has 0 aromatic rings. The lowest BCUT2D eigenvalue weighted by atomic mass is 9.83. The second-order valence-electron chi connectivity index (χ2n) is 9.23. The Morgan fingerprint density at radius 3 is 1.29 bits per heavy atom. The molecule has 0 aromatic heterocycles. The fourth-order valence-electron chi connectivity index (χ4n) is 4.05. The maximum Gasteiger partial charge on any atom is 0.315 e.